The first-order valence-electron chi connectivity index (χ1n) is 7.33. The van der Waals surface area contributed by atoms with Crippen molar-refractivity contribution in [1.29, 1.82) is 0 Å². The summed E-state index contributed by atoms with van der Waals surface area (Å²) in [6.07, 6.45) is 0.262. The Bertz CT molecular complexity index is 685. The van der Waals surface area contributed by atoms with Gasteiger partial charge in [0.05, 0.1) is 0 Å². The zero-order chi connectivity index (χ0) is 19.6. The summed E-state index contributed by atoms with van der Waals surface area (Å²) in [6, 6.07) is 6.01. The van der Waals surface area contributed by atoms with E-state index in [9.17, 15) is 26.7 Å². The molecule has 0 aromatic heterocycles. The number of halogens is 1. The van der Waals surface area contributed by atoms with E-state index < -0.39 is 28.3 Å². The average molecular weight is 377 g/mol. The summed E-state index contributed by atoms with van der Waals surface area (Å²) in [6.45, 7) is 6.96. The van der Waals surface area contributed by atoms with E-state index in [4.69, 9.17) is 0 Å². The first kappa shape index (κ1) is 22.5. The van der Waals surface area contributed by atoms with E-state index in [1.807, 2.05) is 20.8 Å². The van der Waals surface area contributed by atoms with Crippen molar-refractivity contribution in [3.63, 3.8) is 0 Å². The third-order valence-electron chi connectivity index (χ3n) is 2.44. The van der Waals surface area contributed by atoms with Crippen LogP contribution in [0.1, 0.15) is 39.2 Å². The molecule has 0 unspecified atom stereocenters. The molecule has 10 heteroatoms. The molecule has 1 aliphatic heterocycles. The molecular formula is C15H20FNO7S. The standard InChI is InChI=1S/C7H7FO3S.C6H7NO4.C2H6/c1-6-2-4-7(5-3-6)11-12(8,9)10;1-4(8)11-7-5(9)2-3-6(7)10;1-2/h2-5H,1H3;2-3H2,1H3;1-2H3. The van der Waals surface area contributed by atoms with Crippen molar-refractivity contribution in [1.82, 2.24) is 5.06 Å². The van der Waals surface area contributed by atoms with Gasteiger partial charge in [0, 0.05) is 19.8 Å². The van der Waals surface area contributed by atoms with Gasteiger partial charge in [-0.3, -0.25) is 9.59 Å². The van der Waals surface area contributed by atoms with E-state index in [1.165, 1.54) is 12.1 Å². The molecule has 0 bridgehead atoms. The van der Waals surface area contributed by atoms with Gasteiger partial charge < -0.3 is 9.02 Å². The van der Waals surface area contributed by atoms with Crippen LogP contribution in [0.25, 0.3) is 0 Å². The van der Waals surface area contributed by atoms with E-state index in [1.54, 1.807) is 12.1 Å². The number of rotatable bonds is 3. The minimum Gasteiger partial charge on any atom is -0.358 e. The number of hydrogen-bond acceptors (Lipinski definition) is 7. The highest BCUT2D eigenvalue weighted by Gasteiger charge is 2.31. The highest BCUT2D eigenvalue weighted by atomic mass is 32.3. The molecule has 0 atom stereocenters. The minimum atomic E-state index is -4.89. The first-order chi connectivity index (χ1) is 11.6. The van der Waals surface area contributed by atoms with Gasteiger partial charge in [-0.1, -0.05) is 35.4 Å². The quantitative estimate of drug-likeness (QED) is 0.587. The fourth-order valence-corrected chi connectivity index (χ4v) is 1.84. The summed E-state index contributed by atoms with van der Waals surface area (Å²) in [4.78, 5) is 36.1. The number of carbonyl (C=O) groups is 3. The van der Waals surface area contributed by atoms with Crippen LogP contribution in [-0.4, -0.2) is 31.3 Å². The van der Waals surface area contributed by atoms with Crippen molar-refractivity contribution in [3.05, 3.63) is 29.8 Å². The Kier molecular flexibility index (Phi) is 9.36. The summed E-state index contributed by atoms with van der Waals surface area (Å²) in [5.74, 6) is -1.59. The lowest BCUT2D eigenvalue weighted by molar-refractivity contribution is -0.195. The summed E-state index contributed by atoms with van der Waals surface area (Å²) in [5.41, 5.74) is 0.943. The Morgan fingerprint density at radius 1 is 1.08 bits per heavy atom. The van der Waals surface area contributed by atoms with Gasteiger partial charge in [0.1, 0.15) is 5.75 Å². The van der Waals surface area contributed by atoms with Crippen molar-refractivity contribution in [2.75, 3.05) is 0 Å². The van der Waals surface area contributed by atoms with E-state index >= 15 is 0 Å². The van der Waals surface area contributed by atoms with Gasteiger partial charge in [-0.25, -0.2) is 4.79 Å². The smallest absolute Gasteiger partial charge is 0.358 e. The lowest BCUT2D eigenvalue weighted by Crippen LogP contribution is -2.30. The maximum atomic E-state index is 11.9. The molecule has 1 aromatic carbocycles. The fraction of sp³-hybridized carbons (Fsp3) is 0.400. The van der Waals surface area contributed by atoms with Crippen LogP contribution in [-0.2, 0) is 29.7 Å². The summed E-state index contributed by atoms with van der Waals surface area (Å²) >= 11 is 0. The van der Waals surface area contributed by atoms with Crippen LogP contribution in [0.5, 0.6) is 5.75 Å². The van der Waals surface area contributed by atoms with Crippen molar-refractivity contribution >= 4 is 28.3 Å². The molecule has 1 aliphatic rings. The highest BCUT2D eigenvalue weighted by Crippen LogP contribution is 2.14. The second-order valence-electron chi connectivity index (χ2n) is 4.45. The first-order valence-corrected chi connectivity index (χ1v) is 8.64. The van der Waals surface area contributed by atoms with Crippen molar-refractivity contribution in [2.45, 2.75) is 40.5 Å². The van der Waals surface area contributed by atoms with Crippen molar-refractivity contribution in [2.24, 2.45) is 0 Å². The molecule has 25 heavy (non-hydrogen) atoms. The molecule has 0 saturated carbocycles. The lowest BCUT2D eigenvalue weighted by atomic mass is 10.2. The minimum absolute atomic E-state index is 0.0249. The SMILES string of the molecule is CC.CC(=O)ON1C(=O)CCC1=O.Cc1ccc(OS(=O)(=O)F)cc1. The third kappa shape index (κ3) is 9.40. The number of hydrogen-bond donors (Lipinski definition) is 0. The second-order valence-corrected chi connectivity index (χ2v) is 5.41. The van der Waals surface area contributed by atoms with Crippen LogP contribution in [0.3, 0.4) is 0 Å². The number of carbonyl (C=O) groups excluding carboxylic acids is 3. The average Bonchev–Trinajstić information content (AvgIpc) is 2.82. The van der Waals surface area contributed by atoms with Gasteiger partial charge in [0.2, 0.25) is 0 Å². The predicted octanol–water partition coefficient (Wildman–Crippen LogP) is 2.23. The monoisotopic (exact) mass is 377 g/mol. The Labute approximate surface area is 145 Å². The van der Waals surface area contributed by atoms with Crippen LogP contribution in [0.15, 0.2) is 24.3 Å². The zero-order valence-corrected chi connectivity index (χ0v) is 15.1. The van der Waals surface area contributed by atoms with Gasteiger partial charge in [-0.05, 0) is 19.1 Å². The molecule has 1 heterocycles. The Morgan fingerprint density at radius 2 is 1.52 bits per heavy atom. The Hall–Kier alpha value is -2.49. The summed E-state index contributed by atoms with van der Waals surface area (Å²) < 4.78 is 35.9. The largest absolute Gasteiger partial charge is 0.488 e. The van der Waals surface area contributed by atoms with Gasteiger partial charge in [-0.15, -0.1) is 5.06 Å². The molecule has 0 aliphatic carbocycles. The molecule has 0 N–H and O–H groups in total. The number of hydroxylamine groups is 2. The van der Waals surface area contributed by atoms with Gasteiger partial charge in [0.25, 0.3) is 11.8 Å². The predicted molar refractivity (Wildman–Crippen MR) is 86.0 cm³/mol. The number of aryl methyl sites for hydroxylation is 1. The number of imide groups is 1. The van der Waals surface area contributed by atoms with Crippen LogP contribution in [0.4, 0.5) is 3.89 Å². The van der Waals surface area contributed by atoms with Crippen LogP contribution in [0.2, 0.25) is 0 Å². The maximum Gasteiger partial charge on any atom is 0.488 e. The molecule has 0 spiro atoms. The van der Waals surface area contributed by atoms with E-state index in [2.05, 4.69) is 9.02 Å². The molecular weight excluding hydrogens is 357 g/mol. The van der Waals surface area contributed by atoms with E-state index in [-0.39, 0.29) is 18.6 Å². The molecule has 2 amide bonds. The number of amides is 2. The van der Waals surface area contributed by atoms with Gasteiger partial charge >= 0.3 is 16.5 Å². The molecule has 0 radical (unpaired) electrons. The Morgan fingerprint density at radius 3 is 1.88 bits per heavy atom. The molecule has 2 rings (SSSR count). The molecule has 140 valence electrons. The number of nitrogens with zero attached hydrogens (tertiary/aromatic N) is 1. The van der Waals surface area contributed by atoms with Gasteiger partial charge in [-0.2, -0.15) is 8.42 Å². The lowest BCUT2D eigenvalue weighted by Gasteiger charge is -2.09. The second kappa shape index (κ2) is 10.4. The highest BCUT2D eigenvalue weighted by molar-refractivity contribution is 7.81. The third-order valence-corrected chi connectivity index (χ3v) is 2.83. The van der Waals surface area contributed by atoms with Gasteiger partial charge in [0.15, 0.2) is 0 Å². The van der Waals surface area contributed by atoms with Crippen LogP contribution >= 0.6 is 0 Å². The molecule has 1 aromatic rings. The maximum absolute atomic E-state index is 11.9. The number of benzene rings is 1. The van der Waals surface area contributed by atoms with E-state index in [0.29, 0.717) is 5.06 Å². The molecule has 1 saturated heterocycles. The summed E-state index contributed by atoms with van der Waals surface area (Å²) in [5, 5.41) is 0.516. The normalized spacial score (nSPS) is 13.2. The van der Waals surface area contributed by atoms with E-state index in [0.717, 1.165) is 12.5 Å². The molecule has 8 nitrogen and oxygen atoms in total. The fourth-order valence-electron chi connectivity index (χ4n) is 1.50. The van der Waals surface area contributed by atoms with Crippen LogP contribution < -0.4 is 4.18 Å². The van der Waals surface area contributed by atoms with Crippen LogP contribution in [0, 0.1) is 6.92 Å². The molecule has 1 fully saturated rings. The summed E-state index contributed by atoms with van der Waals surface area (Å²) in [7, 11) is -4.89. The Balaban J connectivity index is 0.000000421. The van der Waals surface area contributed by atoms with Crippen molar-refractivity contribution in [3.8, 4) is 5.75 Å². The topological polar surface area (TPSA) is 107 Å². The van der Waals surface area contributed by atoms with Crippen molar-refractivity contribution < 1.29 is 35.7 Å². The zero-order valence-electron chi connectivity index (χ0n) is 14.3.